The predicted molar refractivity (Wildman–Crippen MR) is 59.3 cm³/mol. The maximum Gasteiger partial charge on any atom is 0.310 e. The highest BCUT2D eigenvalue weighted by Gasteiger charge is 2.18. The number of carbonyl (C=O) groups excluding carboxylic acids is 1. The zero-order valence-electron chi connectivity index (χ0n) is 9.41. The van der Waals surface area contributed by atoms with Gasteiger partial charge in [-0.2, -0.15) is 5.26 Å². The fraction of sp³-hybridized carbons (Fsp3) is 0.364. The number of nitriles is 1. The van der Waals surface area contributed by atoms with Crippen LogP contribution in [0.1, 0.15) is 30.3 Å². The molecule has 0 spiro atoms. The number of aromatic nitrogens is 1. The van der Waals surface area contributed by atoms with Gasteiger partial charge in [0.15, 0.2) is 5.69 Å². The average molecular weight is 275 g/mol. The van der Waals surface area contributed by atoms with Gasteiger partial charge >= 0.3 is 5.97 Å². The molecule has 0 atom stereocenters. The minimum atomic E-state index is -2.84. The first-order chi connectivity index (χ1) is 8.49. The van der Waals surface area contributed by atoms with Gasteiger partial charge in [-0.25, -0.2) is 13.8 Å². The summed E-state index contributed by atoms with van der Waals surface area (Å²) in [5.41, 5.74) is -0.805. The molecule has 1 aromatic rings. The molecule has 0 bridgehead atoms. The molecule has 0 saturated carbocycles. The number of alkyl halides is 2. The summed E-state index contributed by atoms with van der Waals surface area (Å²) >= 11 is 5.79. The fourth-order valence-corrected chi connectivity index (χ4v) is 1.49. The zero-order valence-corrected chi connectivity index (χ0v) is 10.2. The van der Waals surface area contributed by atoms with E-state index in [4.69, 9.17) is 16.9 Å². The number of halogens is 3. The summed E-state index contributed by atoms with van der Waals surface area (Å²) in [7, 11) is 0. The second-order valence-electron chi connectivity index (χ2n) is 3.26. The molecule has 0 amide bonds. The van der Waals surface area contributed by atoms with Crippen molar-refractivity contribution in [2.45, 2.75) is 19.8 Å². The lowest BCUT2D eigenvalue weighted by atomic mass is 10.1. The Labute approximate surface area is 107 Å². The Morgan fingerprint density at radius 2 is 2.33 bits per heavy atom. The molecule has 1 aromatic heterocycles. The van der Waals surface area contributed by atoms with E-state index in [-0.39, 0.29) is 29.3 Å². The summed E-state index contributed by atoms with van der Waals surface area (Å²) in [6, 6.07) is 2.61. The zero-order chi connectivity index (χ0) is 13.7. The molecule has 0 saturated heterocycles. The summed E-state index contributed by atoms with van der Waals surface area (Å²) in [6.45, 7) is 1.80. The van der Waals surface area contributed by atoms with E-state index in [0.29, 0.717) is 0 Å². The monoisotopic (exact) mass is 274 g/mol. The van der Waals surface area contributed by atoms with Crippen LogP contribution in [0.3, 0.4) is 0 Å². The van der Waals surface area contributed by atoms with Gasteiger partial charge in [0.05, 0.1) is 18.1 Å². The molecule has 96 valence electrons. The molecule has 0 fully saturated rings. The minimum Gasteiger partial charge on any atom is -0.466 e. The van der Waals surface area contributed by atoms with Crippen molar-refractivity contribution in [1.29, 1.82) is 5.26 Å². The normalized spacial score (nSPS) is 10.2. The molecular formula is C11H9ClF2N2O2. The number of pyridine rings is 1. The number of esters is 1. The molecule has 0 aromatic carbocycles. The molecule has 0 unspecified atom stereocenters. The highest BCUT2D eigenvalue weighted by atomic mass is 35.5. The summed E-state index contributed by atoms with van der Waals surface area (Å²) in [4.78, 5) is 14.7. The molecule has 4 nitrogen and oxygen atoms in total. The highest BCUT2D eigenvalue weighted by Crippen LogP contribution is 2.25. The Bertz CT molecular complexity index is 501. The Balaban J connectivity index is 3.14. The number of hydrogen-bond acceptors (Lipinski definition) is 4. The third-order valence-corrected chi connectivity index (χ3v) is 2.44. The van der Waals surface area contributed by atoms with Gasteiger partial charge in [0.2, 0.25) is 0 Å². The SMILES string of the molecule is CCOC(=O)Cc1cc(C(F)F)nc(C#N)c1Cl. The third-order valence-electron chi connectivity index (χ3n) is 2.02. The molecule has 0 N–H and O–H groups in total. The van der Waals surface area contributed by atoms with Crippen LogP contribution in [-0.2, 0) is 16.0 Å². The van der Waals surface area contributed by atoms with E-state index in [2.05, 4.69) is 9.72 Å². The molecule has 1 rings (SSSR count). The first-order valence-corrected chi connectivity index (χ1v) is 5.40. The van der Waals surface area contributed by atoms with Crippen LogP contribution in [0.2, 0.25) is 5.02 Å². The lowest BCUT2D eigenvalue weighted by molar-refractivity contribution is -0.142. The Kier molecular flexibility index (Phi) is 4.98. The summed E-state index contributed by atoms with van der Waals surface area (Å²) in [5, 5.41) is 8.63. The number of hydrogen-bond donors (Lipinski definition) is 0. The number of nitrogens with zero attached hydrogens (tertiary/aromatic N) is 2. The van der Waals surface area contributed by atoms with Crippen LogP contribution in [0.15, 0.2) is 6.07 Å². The van der Waals surface area contributed by atoms with E-state index in [9.17, 15) is 13.6 Å². The molecule has 1 heterocycles. The fourth-order valence-electron chi connectivity index (χ4n) is 1.29. The lowest BCUT2D eigenvalue weighted by Gasteiger charge is -2.08. The van der Waals surface area contributed by atoms with Crippen LogP contribution in [-0.4, -0.2) is 17.6 Å². The quantitative estimate of drug-likeness (QED) is 0.792. The van der Waals surface area contributed by atoms with Crippen LogP contribution in [0, 0.1) is 11.3 Å². The predicted octanol–water partition coefficient (Wildman–Crippen LogP) is 2.65. The van der Waals surface area contributed by atoms with E-state index in [0.717, 1.165) is 6.07 Å². The van der Waals surface area contributed by atoms with Gasteiger partial charge in [0.1, 0.15) is 11.8 Å². The van der Waals surface area contributed by atoms with Gasteiger partial charge in [-0.05, 0) is 18.6 Å². The number of rotatable bonds is 4. The smallest absolute Gasteiger partial charge is 0.310 e. The van der Waals surface area contributed by atoms with Crippen molar-refractivity contribution in [3.63, 3.8) is 0 Å². The van der Waals surface area contributed by atoms with Gasteiger partial charge in [-0.1, -0.05) is 11.6 Å². The minimum absolute atomic E-state index is 0.102. The molecular weight excluding hydrogens is 266 g/mol. The van der Waals surface area contributed by atoms with Gasteiger partial charge in [0, 0.05) is 0 Å². The van der Waals surface area contributed by atoms with Crippen molar-refractivity contribution in [2.24, 2.45) is 0 Å². The highest BCUT2D eigenvalue weighted by molar-refractivity contribution is 6.32. The van der Waals surface area contributed by atoms with Crippen LogP contribution in [0.4, 0.5) is 8.78 Å². The van der Waals surface area contributed by atoms with Crippen molar-refractivity contribution in [2.75, 3.05) is 6.61 Å². The van der Waals surface area contributed by atoms with E-state index in [1.807, 2.05) is 0 Å². The van der Waals surface area contributed by atoms with Gasteiger partial charge in [0.25, 0.3) is 6.43 Å². The number of carbonyl (C=O) groups is 1. The van der Waals surface area contributed by atoms with E-state index in [1.165, 1.54) is 0 Å². The number of ether oxygens (including phenoxy) is 1. The largest absolute Gasteiger partial charge is 0.466 e. The molecule has 0 aliphatic heterocycles. The molecule has 7 heteroatoms. The molecule has 0 aliphatic rings. The molecule has 0 radical (unpaired) electrons. The Morgan fingerprint density at radius 1 is 1.67 bits per heavy atom. The topological polar surface area (TPSA) is 63.0 Å². The van der Waals surface area contributed by atoms with E-state index < -0.39 is 18.1 Å². The summed E-state index contributed by atoms with van der Waals surface area (Å²) in [5.74, 6) is -0.602. The van der Waals surface area contributed by atoms with E-state index in [1.54, 1.807) is 13.0 Å². The van der Waals surface area contributed by atoms with Crippen molar-refractivity contribution >= 4 is 17.6 Å². The van der Waals surface area contributed by atoms with E-state index >= 15 is 0 Å². The summed E-state index contributed by atoms with van der Waals surface area (Å²) < 4.78 is 29.8. The van der Waals surface area contributed by atoms with Crippen LogP contribution < -0.4 is 0 Å². The van der Waals surface area contributed by atoms with Gasteiger partial charge in [-0.3, -0.25) is 4.79 Å². The Morgan fingerprint density at radius 3 is 2.83 bits per heavy atom. The average Bonchev–Trinajstić information content (AvgIpc) is 2.31. The van der Waals surface area contributed by atoms with Gasteiger partial charge < -0.3 is 4.74 Å². The maximum atomic E-state index is 12.5. The van der Waals surface area contributed by atoms with Crippen molar-refractivity contribution < 1.29 is 18.3 Å². The molecule has 0 aliphatic carbocycles. The first kappa shape index (κ1) is 14.3. The second-order valence-corrected chi connectivity index (χ2v) is 3.64. The Hall–Kier alpha value is -1.74. The van der Waals surface area contributed by atoms with Crippen LogP contribution in [0.25, 0.3) is 0 Å². The van der Waals surface area contributed by atoms with Crippen molar-refractivity contribution in [1.82, 2.24) is 4.98 Å². The molecule has 18 heavy (non-hydrogen) atoms. The first-order valence-electron chi connectivity index (χ1n) is 5.02. The maximum absolute atomic E-state index is 12.5. The summed E-state index contributed by atoms with van der Waals surface area (Å²) in [6.07, 6.45) is -3.11. The van der Waals surface area contributed by atoms with Crippen molar-refractivity contribution in [3.8, 4) is 6.07 Å². The van der Waals surface area contributed by atoms with Crippen molar-refractivity contribution in [3.05, 3.63) is 28.0 Å². The van der Waals surface area contributed by atoms with Crippen LogP contribution >= 0.6 is 11.6 Å². The standard InChI is InChI=1S/C11H9ClF2N2O2/c1-2-18-9(17)4-6-3-7(11(13)14)16-8(5-15)10(6)12/h3,11H,2,4H2,1H3. The second kappa shape index (κ2) is 6.26. The third kappa shape index (κ3) is 3.37. The van der Waals surface area contributed by atoms with Gasteiger partial charge in [-0.15, -0.1) is 0 Å². The van der Waals surface area contributed by atoms with Crippen LogP contribution in [0.5, 0.6) is 0 Å². The lowest BCUT2D eigenvalue weighted by Crippen LogP contribution is -2.09.